The summed E-state index contributed by atoms with van der Waals surface area (Å²) in [6, 6.07) is 5.59. The molecular formula is C16H11F4NO2. The van der Waals surface area contributed by atoms with Crippen molar-refractivity contribution >= 4 is 12.1 Å². The van der Waals surface area contributed by atoms with E-state index in [1.54, 1.807) is 0 Å². The number of aldehydes is 1. The molecule has 2 aromatic rings. The van der Waals surface area contributed by atoms with E-state index in [1.165, 1.54) is 24.3 Å². The molecule has 0 bridgehead atoms. The Morgan fingerprint density at radius 3 is 2.57 bits per heavy atom. The van der Waals surface area contributed by atoms with E-state index in [-0.39, 0.29) is 29.8 Å². The van der Waals surface area contributed by atoms with Crippen molar-refractivity contribution in [2.45, 2.75) is 25.4 Å². The summed E-state index contributed by atoms with van der Waals surface area (Å²) in [4.78, 5) is 22.8. The van der Waals surface area contributed by atoms with Gasteiger partial charge >= 0.3 is 6.18 Å². The monoisotopic (exact) mass is 325 g/mol. The number of ketones is 1. The van der Waals surface area contributed by atoms with Crippen LogP contribution in [-0.4, -0.2) is 16.6 Å². The summed E-state index contributed by atoms with van der Waals surface area (Å²) in [6.45, 7) is 0. The number of fused-ring (bicyclic) bond motifs is 1. The summed E-state index contributed by atoms with van der Waals surface area (Å²) in [5, 5.41) is 0. The lowest BCUT2D eigenvalue weighted by Crippen LogP contribution is -2.16. The largest absolute Gasteiger partial charge is 0.421 e. The lowest BCUT2D eigenvalue weighted by molar-refractivity contribution is -0.140. The lowest BCUT2D eigenvalue weighted by atomic mass is 9.93. The molecule has 0 aliphatic heterocycles. The minimum atomic E-state index is -4.96. The first kappa shape index (κ1) is 15.5. The molecule has 0 radical (unpaired) electrons. The molecule has 0 saturated carbocycles. The Balaban J connectivity index is 2.33. The van der Waals surface area contributed by atoms with Crippen molar-refractivity contribution in [3.8, 4) is 5.69 Å². The molecule has 0 unspecified atom stereocenters. The SMILES string of the molecule is O=Cc1cccc(-n2c(F)c(C(F)(F)F)c3c2CCCC3=O)c1. The molecule has 1 aromatic carbocycles. The van der Waals surface area contributed by atoms with Crippen molar-refractivity contribution in [1.29, 1.82) is 0 Å². The molecule has 23 heavy (non-hydrogen) atoms. The Morgan fingerprint density at radius 1 is 1.17 bits per heavy atom. The van der Waals surface area contributed by atoms with Crippen LogP contribution in [0.3, 0.4) is 0 Å². The highest BCUT2D eigenvalue weighted by Crippen LogP contribution is 2.41. The number of benzene rings is 1. The van der Waals surface area contributed by atoms with E-state index in [9.17, 15) is 27.2 Å². The van der Waals surface area contributed by atoms with Crippen molar-refractivity contribution in [3.05, 3.63) is 52.6 Å². The Kier molecular flexibility index (Phi) is 3.58. The van der Waals surface area contributed by atoms with E-state index in [1.807, 2.05) is 0 Å². The normalized spacial score (nSPS) is 14.7. The van der Waals surface area contributed by atoms with Crippen molar-refractivity contribution in [2.75, 3.05) is 0 Å². The van der Waals surface area contributed by atoms with Crippen LogP contribution in [0.2, 0.25) is 0 Å². The molecule has 0 saturated heterocycles. The van der Waals surface area contributed by atoms with E-state index in [0.717, 1.165) is 4.57 Å². The summed E-state index contributed by atoms with van der Waals surface area (Å²) in [6.07, 6.45) is -3.95. The lowest BCUT2D eigenvalue weighted by Gasteiger charge is -2.15. The number of rotatable bonds is 2. The number of nitrogens with zero attached hydrogens (tertiary/aromatic N) is 1. The quantitative estimate of drug-likeness (QED) is 0.619. The second-order valence-electron chi connectivity index (χ2n) is 5.31. The Hall–Kier alpha value is -2.44. The van der Waals surface area contributed by atoms with Gasteiger partial charge in [-0.25, -0.2) is 0 Å². The van der Waals surface area contributed by atoms with Gasteiger partial charge in [-0.1, -0.05) is 12.1 Å². The van der Waals surface area contributed by atoms with Crippen molar-refractivity contribution in [1.82, 2.24) is 4.57 Å². The fraction of sp³-hybridized carbons (Fsp3) is 0.250. The smallest absolute Gasteiger partial charge is 0.298 e. The van der Waals surface area contributed by atoms with E-state index in [2.05, 4.69) is 0 Å². The van der Waals surface area contributed by atoms with Crippen LogP contribution >= 0.6 is 0 Å². The molecule has 7 heteroatoms. The third-order valence-electron chi connectivity index (χ3n) is 3.86. The Labute approximate surface area is 128 Å². The zero-order chi connectivity index (χ0) is 16.8. The molecule has 1 aliphatic carbocycles. The highest BCUT2D eigenvalue weighted by Gasteiger charge is 2.44. The average molecular weight is 325 g/mol. The highest BCUT2D eigenvalue weighted by atomic mass is 19.4. The average Bonchev–Trinajstić information content (AvgIpc) is 2.81. The van der Waals surface area contributed by atoms with Gasteiger partial charge < -0.3 is 0 Å². The molecule has 1 aromatic heterocycles. The number of halogens is 4. The van der Waals surface area contributed by atoms with Crippen molar-refractivity contribution < 1.29 is 27.2 Å². The number of carbonyl (C=O) groups is 2. The fourth-order valence-electron chi connectivity index (χ4n) is 2.93. The van der Waals surface area contributed by atoms with Gasteiger partial charge in [0.1, 0.15) is 11.8 Å². The van der Waals surface area contributed by atoms with Crippen molar-refractivity contribution in [3.63, 3.8) is 0 Å². The topological polar surface area (TPSA) is 39.1 Å². The molecule has 0 spiro atoms. The number of alkyl halides is 3. The Bertz CT molecular complexity index is 805. The minimum Gasteiger partial charge on any atom is -0.298 e. The third kappa shape index (κ3) is 2.46. The van der Waals surface area contributed by atoms with Crippen LogP contribution < -0.4 is 0 Å². The molecule has 1 heterocycles. The van der Waals surface area contributed by atoms with E-state index in [4.69, 9.17) is 0 Å². The zero-order valence-electron chi connectivity index (χ0n) is 11.8. The maximum atomic E-state index is 14.5. The summed E-state index contributed by atoms with van der Waals surface area (Å²) in [5.74, 6) is -2.22. The van der Waals surface area contributed by atoms with Crippen molar-refractivity contribution in [2.24, 2.45) is 0 Å². The van der Waals surface area contributed by atoms with Crippen LogP contribution in [0.1, 0.15) is 44.8 Å². The highest BCUT2D eigenvalue weighted by molar-refractivity contribution is 6.00. The molecule has 0 fully saturated rings. The first-order chi connectivity index (χ1) is 10.8. The first-order valence-corrected chi connectivity index (χ1v) is 6.93. The van der Waals surface area contributed by atoms with E-state index in [0.29, 0.717) is 12.7 Å². The number of aromatic nitrogens is 1. The van der Waals surface area contributed by atoms with Crippen LogP contribution in [-0.2, 0) is 12.6 Å². The van der Waals surface area contributed by atoms with Gasteiger partial charge in [0.25, 0.3) is 0 Å². The number of hydrogen-bond acceptors (Lipinski definition) is 2. The Morgan fingerprint density at radius 2 is 1.91 bits per heavy atom. The molecule has 0 amide bonds. The van der Waals surface area contributed by atoms with Gasteiger partial charge in [0.15, 0.2) is 5.78 Å². The molecule has 3 rings (SSSR count). The molecule has 1 aliphatic rings. The first-order valence-electron chi connectivity index (χ1n) is 6.93. The van der Waals surface area contributed by atoms with Gasteiger partial charge in [-0.05, 0) is 25.0 Å². The second-order valence-corrected chi connectivity index (χ2v) is 5.31. The van der Waals surface area contributed by atoms with Crippen LogP contribution in [0.5, 0.6) is 0 Å². The van der Waals surface area contributed by atoms with Gasteiger partial charge in [0, 0.05) is 23.4 Å². The molecule has 0 atom stereocenters. The van der Waals surface area contributed by atoms with Crippen LogP contribution in [0.4, 0.5) is 17.6 Å². The zero-order valence-corrected chi connectivity index (χ0v) is 11.8. The van der Waals surface area contributed by atoms with Gasteiger partial charge in [0.2, 0.25) is 5.95 Å². The maximum Gasteiger partial charge on any atom is 0.421 e. The van der Waals surface area contributed by atoms with Gasteiger partial charge in [0.05, 0.1) is 5.56 Å². The van der Waals surface area contributed by atoms with Gasteiger partial charge in [-0.15, -0.1) is 0 Å². The van der Waals surface area contributed by atoms with Gasteiger partial charge in [-0.3, -0.25) is 14.2 Å². The van der Waals surface area contributed by atoms with E-state index >= 15 is 0 Å². The van der Waals surface area contributed by atoms with Crippen LogP contribution in [0.25, 0.3) is 5.69 Å². The van der Waals surface area contributed by atoms with E-state index < -0.39 is 29.0 Å². The van der Waals surface area contributed by atoms with Crippen LogP contribution in [0.15, 0.2) is 24.3 Å². The third-order valence-corrected chi connectivity index (χ3v) is 3.86. The fourth-order valence-corrected chi connectivity index (χ4v) is 2.93. The molecule has 120 valence electrons. The number of carbonyl (C=O) groups excluding carboxylic acids is 2. The predicted octanol–water partition coefficient (Wildman–Crippen LogP) is 3.97. The van der Waals surface area contributed by atoms with Crippen LogP contribution in [0, 0.1) is 5.95 Å². The standard InChI is InChI=1S/C16H11F4NO2/c17-15-14(16(18,19)20)13-11(5-2-6-12(13)23)21(15)10-4-1-3-9(7-10)8-22/h1,3-4,7-8H,2,5-6H2. The second kappa shape index (κ2) is 5.33. The molecule has 0 N–H and O–H groups in total. The number of Topliss-reactive ketones (excluding diaryl/α,β-unsaturated/α-hetero) is 1. The number of hydrogen-bond donors (Lipinski definition) is 0. The summed E-state index contributed by atoms with van der Waals surface area (Å²) in [5.41, 5.74) is -1.80. The summed E-state index contributed by atoms with van der Waals surface area (Å²) < 4.78 is 55.0. The maximum absolute atomic E-state index is 14.5. The van der Waals surface area contributed by atoms with Gasteiger partial charge in [-0.2, -0.15) is 17.6 Å². The predicted molar refractivity (Wildman–Crippen MR) is 73.4 cm³/mol. The summed E-state index contributed by atoms with van der Waals surface area (Å²) in [7, 11) is 0. The molecule has 3 nitrogen and oxygen atoms in total. The summed E-state index contributed by atoms with van der Waals surface area (Å²) >= 11 is 0. The minimum absolute atomic E-state index is 0.00845. The molecular weight excluding hydrogens is 314 g/mol.